The molecule has 0 aromatic heterocycles. The number of carbonyl (C=O) groups is 5. The summed E-state index contributed by atoms with van der Waals surface area (Å²) in [5.74, 6) is -3.57. The number of hydrogen-bond donors (Lipinski definition) is 7. The van der Waals surface area contributed by atoms with Crippen LogP contribution in [0.3, 0.4) is 0 Å². The third-order valence-corrected chi connectivity index (χ3v) is 10.2. The predicted octanol–water partition coefficient (Wildman–Crippen LogP) is 1.49. The molecule has 0 spiro atoms. The number of carboxylic acids is 2. The Kier molecular flexibility index (Phi) is 9.17. The van der Waals surface area contributed by atoms with Gasteiger partial charge in [-0.2, -0.15) is 0 Å². The fraction of sp³-hybridized carbons (Fsp3) is 0.607. The van der Waals surface area contributed by atoms with Crippen LogP contribution >= 0.6 is 11.8 Å². The van der Waals surface area contributed by atoms with E-state index in [0.717, 1.165) is 43.0 Å². The highest BCUT2D eigenvalue weighted by atomic mass is 32.2. The quantitative estimate of drug-likeness (QED) is 0.144. The molecule has 12 nitrogen and oxygen atoms in total. The third kappa shape index (κ3) is 6.30. The van der Waals surface area contributed by atoms with Gasteiger partial charge in [-0.15, -0.1) is 11.8 Å². The maximum atomic E-state index is 12.7. The van der Waals surface area contributed by atoms with E-state index in [1.165, 1.54) is 0 Å². The Morgan fingerprint density at radius 3 is 2.54 bits per heavy atom. The van der Waals surface area contributed by atoms with Gasteiger partial charge in [-0.1, -0.05) is 6.92 Å². The molecule has 4 rings (SSSR count). The van der Waals surface area contributed by atoms with Crippen molar-refractivity contribution in [1.82, 2.24) is 10.6 Å². The van der Waals surface area contributed by atoms with Crippen LogP contribution in [0.1, 0.15) is 68.9 Å². The van der Waals surface area contributed by atoms with Crippen LogP contribution in [0.15, 0.2) is 11.0 Å². The number of rotatable bonds is 11. The number of aliphatic carboxylic acids is 2. The highest BCUT2D eigenvalue weighted by Crippen LogP contribution is 2.61. The van der Waals surface area contributed by atoms with Crippen LogP contribution in [0.2, 0.25) is 0 Å². The first kappa shape index (κ1) is 30.6. The van der Waals surface area contributed by atoms with E-state index in [0.29, 0.717) is 35.0 Å². The Morgan fingerprint density at radius 2 is 1.85 bits per heavy atom. The van der Waals surface area contributed by atoms with Crippen molar-refractivity contribution in [2.45, 2.75) is 81.2 Å². The Labute approximate surface area is 241 Å². The summed E-state index contributed by atoms with van der Waals surface area (Å²) in [5.41, 5.74) is 6.77. The second-order valence-corrected chi connectivity index (χ2v) is 12.6. The van der Waals surface area contributed by atoms with Crippen LogP contribution < -0.4 is 16.4 Å². The van der Waals surface area contributed by atoms with Crippen molar-refractivity contribution in [1.29, 1.82) is 0 Å². The number of nitrogens with two attached hydrogens (primary N) is 1. The van der Waals surface area contributed by atoms with Crippen molar-refractivity contribution >= 4 is 41.3 Å². The van der Waals surface area contributed by atoms with E-state index in [9.17, 15) is 34.2 Å². The summed E-state index contributed by atoms with van der Waals surface area (Å²) in [6.07, 6.45) is 4.00. The van der Waals surface area contributed by atoms with Gasteiger partial charge in [0.05, 0.1) is 4.90 Å². The predicted molar refractivity (Wildman–Crippen MR) is 148 cm³/mol. The lowest BCUT2D eigenvalue weighted by molar-refractivity contribution is -0.139. The van der Waals surface area contributed by atoms with Gasteiger partial charge < -0.3 is 36.8 Å². The molecule has 41 heavy (non-hydrogen) atoms. The molecular formula is C28H37N3O9S. The summed E-state index contributed by atoms with van der Waals surface area (Å²) < 4.78 is 0. The standard InChI is InChI=1S/C28H37N3O9S/c1-28-9-8-13-14(17(28)4-6-21(28)32)2-3-15-16(13)10-20(25(37)24(15)36)41-12-19(26(38)30-11-23(34)35)31-22(33)7-5-18(29)27(39)40/h10,13-14,17-19,36-37H,2-9,11-12,29H2,1H3,(H,30,38)(H,31,33)(H,34,35)(H,39,40)/t13?,14?,17?,18-,19-,28+/m1/s1. The number of carbonyl (C=O) groups excluding carboxylic acids is 3. The molecule has 0 saturated heterocycles. The number of amides is 2. The lowest BCUT2D eigenvalue weighted by atomic mass is 9.55. The summed E-state index contributed by atoms with van der Waals surface area (Å²) >= 11 is 1.03. The highest BCUT2D eigenvalue weighted by Gasteiger charge is 2.54. The van der Waals surface area contributed by atoms with Gasteiger partial charge in [0.1, 0.15) is 24.4 Å². The highest BCUT2D eigenvalue weighted by molar-refractivity contribution is 7.99. The first-order valence-electron chi connectivity index (χ1n) is 13.8. The van der Waals surface area contributed by atoms with Crippen LogP contribution in [-0.2, 0) is 30.4 Å². The minimum Gasteiger partial charge on any atom is -0.504 e. The Bertz CT molecular complexity index is 1250. The monoisotopic (exact) mass is 591 g/mol. The molecule has 6 atom stereocenters. The molecule has 2 amide bonds. The molecule has 13 heteroatoms. The van der Waals surface area contributed by atoms with Crippen LogP contribution in [-0.4, -0.2) is 74.3 Å². The molecule has 0 heterocycles. The molecular weight excluding hydrogens is 554 g/mol. The number of benzene rings is 1. The molecule has 0 aliphatic heterocycles. The van der Waals surface area contributed by atoms with E-state index in [-0.39, 0.29) is 47.3 Å². The molecule has 8 N–H and O–H groups in total. The molecule has 0 bridgehead atoms. The number of Topliss-reactive ketones (excluding diaryl/α,β-unsaturated/α-hetero) is 1. The Hall–Kier alpha value is -3.32. The fourth-order valence-electron chi connectivity index (χ4n) is 6.87. The number of thioether (sulfide) groups is 1. The van der Waals surface area contributed by atoms with E-state index in [1.807, 2.05) is 6.07 Å². The average molecular weight is 592 g/mol. The first-order valence-corrected chi connectivity index (χ1v) is 14.8. The molecule has 3 aliphatic carbocycles. The van der Waals surface area contributed by atoms with Gasteiger partial charge in [0.2, 0.25) is 11.8 Å². The summed E-state index contributed by atoms with van der Waals surface area (Å²) in [6, 6.07) is -0.641. The summed E-state index contributed by atoms with van der Waals surface area (Å²) in [4.78, 5) is 60.1. The Morgan fingerprint density at radius 1 is 1.12 bits per heavy atom. The van der Waals surface area contributed by atoms with Crippen LogP contribution in [0.25, 0.3) is 0 Å². The smallest absolute Gasteiger partial charge is 0.322 e. The number of phenolic OH excluding ortho intramolecular Hbond substituents is 2. The molecule has 1 aromatic rings. The van der Waals surface area contributed by atoms with Crippen LogP contribution in [0.4, 0.5) is 0 Å². The van der Waals surface area contributed by atoms with E-state index in [2.05, 4.69) is 17.6 Å². The topological polar surface area (TPSA) is 216 Å². The number of carboxylic acid groups (broad SMARTS) is 2. The van der Waals surface area contributed by atoms with Crippen LogP contribution in [0.5, 0.6) is 11.5 Å². The zero-order valence-corrected chi connectivity index (χ0v) is 23.7. The van der Waals surface area contributed by atoms with Gasteiger partial charge in [-0.05, 0) is 67.9 Å². The van der Waals surface area contributed by atoms with Gasteiger partial charge in [0.25, 0.3) is 0 Å². The van der Waals surface area contributed by atoms with Gasteiger partial charge in [0, 0.05) is 29.6 Å². The van der Waals surface area contributed by atoms with Crippen molar-refractivity contribution in [3.63, 3.8) is 0 Å². The zero-order valence-electron chi connectivity index (χ0n) is 22.9. The zero-order chi connectivity index (χ0) is 30.1. The Balaban J connectivity index is 1.52. The number of aromatic hydroxyl groups is 2. The second-order valence-electron chi connectivity index (χ2n) is 11.5. The van der Waals surface area contributed by atoms with Crippen molar-refractivity contribution in [3.05, 3.63) is 17.2 Å². The minimum atomic E-state index is -1.28. The second kappa shape index (κ2) is 12.3. The molecule has 3 aliphatic rings. The molecule has 1 aromatic carbocycles. The van der Waals surface area contributed by atoms with E-state index >= 15 is 0 Å². The summed E-state index contributed by atoms with van der Waals surface area (Å²) in [5, 5.41) is 44.4. The van der Waals surface area contributed by atoms with Crippen molar-refractivity contribution in [2.75, 3.05) is 12.3 Å². The molecule has 2 fully saturated rings. The van der Waals surface area contributed by atoms with E-state index in [4.69, 9.17) is 15.9 Å². The molecule has 224 valence electrons. The van der Waals surface area contributed by atoms with Crippen molar-refractivity contribution in [3.8, 4) is 11.5 Å². The van der Waals surface area contributed by atoms with Gasteiger partial charge in [-0.25, -0.2) is 0 Å². The van der Waals surface area contributed by atoms with Crippen molar-refractivity contribution in [2.24, 2.45) is 23.0 Å². The maximum Gasteiger partial charge on any atom is 0.322 e. The SMILES string of the molecule is C[C@]12CCC3c4cc(SC[C@@H](NC(=O)CC[C@@H](N)C(=O)O)C(=O)NCC(=O)O)c(O)c(O)c4CCC3C1CCC2=O. The number of hydrogen-bond acceptors (Lipinski definition) is 9. The normalized spacial score (nSPS) is 26.2. The third-order valence-electron chi connectivity index (χ3n) is 9.12. The minimum absolute atomic E-state index is 0.0999. The van der Waals surface area contributed by atoms with Gasteiger partial charge in [0.15, 0.2) is 11.5 Å². The lowest BCUT2D eigenvalue weighted by Crippen LogP contribution is -2.49. The van der Waals surface area contributed by atoms with E-state index < -0.39 is 42.4 Å². The fourth-order valence-corrected chi connectivity index (χ4v) is 7.90. The van der Waals surface area contributed by atoms with Crippen LogP contribution in [0, 0.1) is 17.3 Å². The number of phenols is 2. The summed E-state index contributed by atoms with van der Waals surface area (Å²) in [7, 11) is 0. The number of fused-ring (bicyclic) bond motifs is 5. The molecule has 0 radical (unpaired) electrons. The maximum absolute atomic E-state index is 12.7. The van der Waals surface area contributed by atoms with Crippen molar-refractivity contribution < 1.29 is 44.4 Å². The summed E-state index contributed by atoms with van der Waals surface area (Å²) in [6.45, 7) is 1.41. The molecule has 3 unspecified atom stereocenters. The number of nitrogens with one attached hydrogen (secondary N) is 2. The largest absolute Gasteiger partial charge is 0.504 e. The van der Waals surface area contributed by atoms with E-state index in [1.54, 1.807) is 0 Å². The lowest BCUT2D eigenvalue weighted by Gasteiger charge is -2.48. The van der Waals surface area contributed by atoms with Gasteiger partial charge in [-0.3, -0.25) is 24.0 Å². The number of ketones is 1. The van der Waals surface area contributed by atoms with Gasteiger partial charge >= 0.3 is 11.9 Å². The molecule has 2 saturated carbocycles. The first-order chi connectivity index (χ1) is 19.3. The average Bonchev–Trinajstić information content (AvgIpc) is 3.24.